The molecule has 122 valence electrons. The van der Waals surface area contributed by atoms with Gasteiger partial charge in [0.05, 0.1) is 6.61 Å². The van der Waals surface area contributed by atoms with Crippen LogP contribution in [0.25, 0.3) is 0 Å². The van der Waals surface area contributed by atoms with Crippen LogP contribution in [0.5, 0.6) is 0 Å². The average Bonchev–Trinajstić information content (AvgIpc) is 2.51. The van der Waals surface area contributed by atoms with Crippen molar-refractivity contribution in [1.29, 1.82) is 0 Å². The molecule has 0 aliphatic carbocycles. The maximum atomic E-state index is 11.7. The molecule has 2 N–H and O–H groups in total. The summed E-state index contributed by atoms with van der Waals surface area (Å²) in [6.45, 7) is 5.42. The van der Waals surface area contributed by atoms with Crippen LogP contribution in [0.15, 0.2) is 30.3 Å². The third-order valence-corrected chi connectivity index (χ3v) is 3.15. The van der Waals surface area contributed by atoms with Gasteiger partial charge in [-0.25, -0.2) is 9.59 Å². The van der Waals surface area contributed by atoms with Gasteiger partial charge in [0, 0.05) is 12.0 Å². The van der Waals surface area contributed by atoms with E-state index in [1.165, 1.54) is 0 Å². The topological polar surface area (TPSA) is 84.9 Å². The van der Waals surface area contributed by atoms with Crippen molar-refractivity contribution in [3.05, 3.63) is 35.9 Å². The second kappa shape index (κ2) is 8.38. The summed E-state index contributed by atoms with van der Waals surface area (Å²) in [7, 11) is 0. The minimum absolute atomic E-state index is 0.0839. The molecule has 1 aromatic carbocycles. The molecule has 0 saturated heterocycles. The fraction of sp³-hybridized carbons (Fsp3) is 0.500. The zero-order valence-corrected chi connectivity index (χ0v) is 13.2. The summed E-state index contributed by atoms with van der Waals surface area (Å²) in [5.74, 6) is -0.702. The number of benzene rings is 1. The molecule has 0 heterocycles. The maximum absolute atomic E-state index is 11.7. The van der Waals surface area contributed by atoms with Crippen molar-refractivity contribution in [2.24, 2.45) is 5.41 Å². The smallest absolute Gasteiger partial charge is 0.407 e. The number of rotatable bonds is 7. The molecule has 0 bridgehead atoms. The molecule has 6 nitrogen and oxygen atoms in total. The molecule has 1 rings (SSSR count). The Morgan fingerprint density at radius 2 is 1.86 bits per heavy atom. The van der Waals surface area contributed by atoms with Gasteiger partial charge in [0.25, 0.3) is 0 Å². The zero-order valence-electron chi connectivity index (χ0n) is 13.2. The van der Waals surface area contributed by atoms with Gasteiger partial charge in [-0.3, -0.25) is 0 Å². The van der Waals surface area contributed by atoms with E-state index in [2.05, 4.69) is 5.32 Å². The number of carbonyl (C=O) groups is 2. The first kappa shape index (κ1) is 18.0. The number of hydrogen-bond acceptors (Lipinski definition) is 5. The second-order valence-corrected chi connectivity index (χ2v) is 5.56. The van der Waals surface area contributed by atoms with Crippen LogP contribution >= 0.6 is 0 Å². The van der Waals surface area contributed by atoms with Gasteiger partial charge < -0.3 is 19.9 Å². The lowest BCUT2D eigenvalue weighted by molar-refractivity contribution is -0.159. The van der Waals surface area contributed by atoms with Crippen LogP contribution in [-0.2, 0) is 20.9 Å². The highest BCUT2D eigenvalue weighted by molar-refractivity contribution is 5.75. The number of hydrogen-bond donors (Lipinski definition) is 2. The first-order valence-corrected chi connectivity index (χ1v) is 7.16. The summed E-state index contributed by atoms with van der Waals surface area (Å²) in [6.07, 6.45) is -1.92. The molecule has 1 atom stereocenters. The van der Waals surface area contributed by atoms with Crippen LogP contribution in [0.4, 0.5) is 4.79 Å². The molecule has 1 aromatic rings. The first-order valence-electron chi connectivity index (χ1n) is 7.16. The van der Waals surface area contributed by atoms with Gasteiger partial charge in [-0.2, -0.15) is 0 Å². The molecular formula is C16H23NO5. The molecule has 0 saturated carbocycles. The van der Waals surface area contributed by atoms with Gasteiger partial charge in [0.15, 0.2) is 6.10 Å². The Balaban J connectivity index is 2.40. The van der Waals surface area contributed by atoms with E-state index in [9.17, 15) is 14.7 Å². The lowest BCUT2D eigenvalue weighted by atomic mass is 9.86. The van der Waals surface area contributed by atoms with E-state index in [-0.39, 0.29) is 19.8 Å². The zero-order chi connectivity index (χ0) is 16.6. The predicted octanol–water partition coefficient (Wildman–Crippen LogP) is 1.86. The molecule has 1 amide bonds. The molecule has 6 heteroatoms. The lowest BCUT2D eigenvalue weighted by Gasteiger charge is -2.28. The normalized spacial score (nSPS) is 12.4. The Morgan fingerprint density at radius 1 is 1.23 bits per heavy atom. The largest absolute Gasteiger partial charge is 0.464 e. The Bertz CT molecular complexity index is 487. The van der Waals surface area contributed by atoms with Gasteiger partial charge in [-0.15, -0.1) is 0 Å². The standard InChI is InChI=1S/C16H23NO5/c1-4-21-14(19)13(18)16(2,3)11-17-15(20)22-10-12-8-6-5-7-9-12/h5-9,13,18H,4,10-11H2,1-3H3,(H,17,20)/t13-/m1/s1. The Morgan fingerprint density at radius 3 is 2.45 bits per heavy atom. The predicted molar refractivity (Wildman–Crippen MR) is 81.1 cm³/mol. The number of esters is 1. The van der Waals surface area contributed by atoms with Gasteiger partial charge in [-0.05, 0) is 12.5 Å². The molecule has 0 aromatic heterocycles. The monoisotopic (exact) mass is 309 g/mol. The maximum Gasteiger partial charge on any atom is 0.407 e. The molecule has 0 spiro atoms. The minimum atomic E-state index is -1.32. The van der Waals surface area contributed by atoms with E-state index < -0.39 is 23.6 Å². The van der Waals surface area contributed by atoms with Crippen LogP contribution < -0.4 is 5.32 Å². The van der Waals surface area contributed by atoms with Crippen molar-refractivity contribution in [2.75, 3.05) is 13.2 Å². The highest BCUT2D eigenvalue weighted by Crippen LogP contribution is 2.20. The number of carbonyl (C=O) groups excluding carboxylic acids is 2. The first-order chi connectivity index (χ1) is 10.4. The van der Waals surface area contributed by atoms with Gasteiger partial charge in [-0.1, -0.05) is 44.2 Å². The van der Waals surface area contributed by atoms with E-state index in [1.54, 1.807) is 20.8 Å². The molecular weight excluding hydrogens is 286 g/mol. The molecule has 0 aliphatic heterocycles. The van der Waals surface area contributed by atoms with Crippen molar-refractivity contribution < 1.29 is 24.2 Å². The highest BCUT2D eigenvalue weighted by Gasteiger charge is 2.35. The number of ether oxygens (including phenoxy) is 2. The van der Waals surface area contributed by atoms with Crippen molar-refractivity contribution in [3.8, 4) is 0 Å². The third kappa shape index (κ3) is 5.73. The molecule has 0 radical (unpaired) electrons. The Hall–Kier alpha value is -2.08. The van der Waals surface area contributed by atoms with E-state index in [0.29, 0.717) is 0 Å². The van der Waals surface area contributed by atoms with Crippen LogP contribution in [0, 0.1) is 5.41 Å². The van der Waals surface area contributed by atoms with Crippen LogP contribution in [0.3, 0.4) is 0 Å². The Labute approximate surface area is 130 Å². The lowest BCUT2D eigenvalue weighted by Crippen LogP contribution is -2.45. The summed E-state index contributed by atoms with van der Waals surface area (Å²) in [6, 6.07) is 9.29. The highest BCUT2D eigenvalue weighted by atomic mass is 16.6. The van der Waals surface area contributed by atoms with Gasteiger partial charge in [0.2, 0.25) is 0 Å². The SMILES string of the molecule is CCOC(=O)[C@@H](O)C(C)(C)CNC(=O)OCc1ccccc1. The van der Waals surface area contributed by atoms with E-state index in [1.807, 2.05) is 30.3 Å². The van der Waals surface area contributed by atoms with Crippen molar-refractivity contribution in [2.45, 2.75) is 33.5 Å². The number of alkyl carbamates (subject to hydrolysis) is 1. The number of aliphatic hydroxyl groups is 1. The van der Waals surface area contributed by atoms with Crippen LogP contribution in [-0.4, -0.2) is 36.4 Å². The van der Waals surface area contributed by atoms with Crippen molar-refractivity contribution in [3.63, 3.8) is 0 Å². The third-order valence-electron chi connectivity index (χ3n) is 3.15. The number of aliphatic hydroxyl groups excluding tert-OH is 1. The molecule has 0 aliphatic rings. The van der Waals surface area contributed by atoms with Crippen LogP contribution in [0.2, 0.25) is 0 Å². The summed E-state index contributed by atoms with van der Waals surface area (Å²) in [5, 5.41) is 12.5. The van der Waals surface area contributed by atoms with Gasteiger partial charge >= 0.3 is 12.1 Å². The van der Waals surface area contributed by atoms with Crippen LogP contribution in [0.1, 0.15) is 26.3 Å². The van der Waals surface area contributed by atoms with E-state index in [0.717, 1.165) is 5.56 Å². The summed E-state index contributed by atoms with van der Waals surface area (Å²) in [4.78, 5) is 23.2. The second-order valence-electron chi connectivity index (χ2n) is 5.56. The van der Waals surface area contributed by atoms with E-state index in [4.69, 9.17) is 9.47 Å². The molecule has 0 unspecified atom stereocenters. The summed E-state index contributed by atoms with van der Waals surface area (Å²) < 4.78 is 9.83. The fourth-order valence-corrected chi connectivity index (χ4v) is 1.71. The minimum Gasteiger partial charge on any atom is -0.464 e. The summed E-state index contributed by atoms with van der Waals surface area (Å²) >= 11 is 0. The van der Waals surface area contributed by atoms with Crippen molar-refractivity contribution in [1.82, 2.24) is 5.32 Å². The fourth-order valence-electron chi connectivity index (χ4n) is 1.71. The summed E-state index contributed by atoms with van der Waals surface area (Å²) in [5.41, 5.74) is 0.0151. The van der Waals surface area contributed by atoms with Crippen molar-refractivity contribution >= 4 is 12.1 Å². The van der Waals surface area contributed by atoms with Gasteiger partial charge in [0.1, 0.15) is 6.61 Å². The molecule has 22 heavy (non-hydrogen) atoms. The Kier molecular flexibility index (Phi) is 6.85. The quantitative estimate of drug-likeness (QED) is 0.751. The number of amides is 1. The average molecular weight is 309 g/mol. The number of nitrogens with one attached hydrogen (secondary N) is 1. The van der Waals surface area contributed by atoms with E-state index >= 15 is 0 Å². The molecule has 0 fully saturated rings.